The molecule has 9 heteroatoms. The third-order valence-corrected chi connectivity index (χ3v) is 7.45. The van der Waals surface area contributed by atoms with Crippen LogP contribution in [0, 0.1) is 10.1 Å². The number of carbonyl (C=O) groups is 2. The Labute approximate surface area is 213 Å². The maximum atomic E-state index is 13.1. The molecule has 1 aliphatic heterocycles. The maximum Gasteiger partial charge on any atom is 0.293 e. The summed E-state index contributed by atoms with van der Waals surface area (Å²) in [5, 5.41) is 11.6. The molecule has 2 heterocycles. The Bertz CT molecular complexity index is 1510. The molecule has 0 N–H and O–H groups in total. The van der Waals surface area contributed by atoms with E-state index in [0.29, 0.717) is 11.4 Å². The van der Waals surface area contributed by atoms with Crippen LogP contribution < -0.4 is 0 Å². The Morgan fingerprint density at radius 1 is 0.943 bits per heavy atom. The summed E-state index contributed by atoms with van der Waals surface area (Å²) in [4.78, 5) is 37.9. The predicted octanol–water partition coefficient (Wildman–Crippen LogP) is 6.60. The van der Waals surface area contributed by atoms with Gasteiger partial charge in [-0.15, -0.1) is 0 Å². The van der Waals surface area contributed by atoms with Crippen molar-refractivity contribution in [1.82, 2.24) is 9.47 Å². The van der Waals surface area contributed by atoms with Crippen LogP contribution in [0.1, 0.15) is 16.7 Å². The van der Waals surface area contributed by atoms with E-state index in [2.05, 4.69) is 15.9 Å². The van der Waals surface area contributed by atoms with Gasteiger partial charge in [0.25, 0.3) is 16.8 Å². The fourth-order valence-corrected chi connectivity index (χ4v) is 5.25. The normalized spacial score (nSPS) is 14.9. The van der Waals surface area contributed by atoms with Gasteiger partial charge in [0.15, 0.2) is 0 Å². The lowest BCUT2D eigenvalue weighted by molar-refractivity contribution is -0.384. The van der Waals surface area contributed by atoms with Gasteiger partial charge in [0, 0.05) is 45.8 Å². The summed E-state index contributed by atoms with van der Waals surface area (Å²) in [6, 6.07) is 21.8. The van der Waals surface area contributed by atoms with Crippen LogP contribution in [0.4, 0.5) is 10.5 Å². The molecule has 0 spiro atoms. The van der Waals surface area contributed by atoms with Gasteiger partial charge in [0.2, 0.25) is 0 Å². The highest BCUT2D eigenvalue weighted by Gasteiger charge is 2.35. The number of nitro benzene ring substituents is 1. The van der Waals surface area contributed by atoms with Crippen molar-refractivity contribution in [2.75, 3.05) is 0 Å². The second-order valence-electron chi connectivity index (χ2n) is 8.01. The molecule has 5 rings (SSSR count). The number of fused-ring (bicyclic) bond motifs is 1. The Morgan fingerprint density at radius 2 is 1.66 bits per heavy atom. The molecule has 0 bridgehead atoms. The number of thioether (sulfide) groups is 1. The Balaban J connectivity index is 1.44. The first-order valence-corrected chi connectivity index (χ1v) is 12.3. The average Bonchev–Trinajstić information content (AvgIpc) is 3.32. The molecule has 0 atom stereocenters. The fraction of sp³-hybridized carbons (Fsp3) is 0.0769. The number of nitro groups is 1. The van der Waals surface area contributed by atoms with E-state index in [0.717, 1.165) is 43.8 Å². The lowest BCUT2D eigenvalue weighted by Crippen LogP contribution is -2.27. The number of hydrogen-bond acceptors (Lipinski definition) is 5. The minimum atomic E-state index is -0.420. The monoisotopic (exact) mass is 547 g/mol. The van der Waals surface area contributed by atoms with Crippen molar-refractivity contribution in [2.24, 2.45) is 0 Å². The number of nitrogens with zero attached hydrogens (tertiary/aromatic N) is 3. The molecular weight excluding hydrogens is 530 g/mol. The van der Waals surface area contributed by atoms with Gasteiger partial charge in [-0.2, -0.15) is 0 Å². The van der Waals surface area contributed by atoms with E-state index in [1.54, 1.807) is 18.2 Å². The van der Waals surface area contributed by atoms with E-state index in [1.165, 1.54) is 17.0 Å². The maximum absolute atomic E-state index is 13.1. The summed E-state index contributed by atoms with van der Waals surface area (Å²) in [7, 11) is 0. The minimum absolute atomic E-state index is 0.0464. The van der Waals surface area contributed by atoms with E-state index < -0.39 is 4.92 Å². The number of non-ortho nitro benzene ring substituents is 1. The first-order chi connectivity index (χ1) is 16.9. The van der Waals surface area contributed by atoms with Crippen LogP contribution in [0.15, 0.2) is 88.4 Å². The summed E-state index contributed by atoms with van der Waals surface area (Å²) in [6.45, 7) is 0.710. The van der Waals surface area contributed by atoms with Crippen molar-refractivity contribution in [1.29, 1.82) is 0 Å². The molecule has 0 aliphatic carbocycles. The lowest BCUT2D eigenvalue weighted by atomic mass is 10.1. The average molecular weight is 548 g/mol. The standard InChI is InChI=1S/C26H18BrN3O4S/c27-22-7-3-1-5-18(22)16-29-25(31)24(35-26(29)32)13-19-15-28(23-8-4-2-6-21(19)23)14-17-9-11-20(12-10-17)30(33)34/h1-13,15H,14,16H2/b24-13-. The van der Waals surface area contributed by atoms with E-state index in [1.807, 2.05) is 59.3 Å². The van der Waals surface area contributed by atoms with Gasteiger partial charge in [0.1, 0.15) is 0 Å². The number of para-hydroxylation sites is 1. The number of imide groups is 1. The van der Waals surface area contributed by atoms with Crippen LogP contribution in [0.2, 0.25) is 0 Å². The number of hydrogen-bond donors (Lipinski definition) is 0. The quantitative estimate of drug-likeness (QED) is 0.154. The van der Waals surface area contributed by atoms with Crippen molar-refractivity contribution < 1.29 is 14.5 Å². The highest BCUT2D eigenvalue weighted by molar-refractivity contribution is 9.10. The van der Waals surface area contributed by atoms with Gasteiger partial charge in [-0.05, 0) is 41.1 Å². The molecule has 0 unspecified atom stereocenters. The van der Waals surface area contributed by atoms with Gasteiger partial charge >= 0.3 is 0 Å². The molecule has 174 valence electrons. The predicted molar refractivity (Wildman–Crippen MR) is 140 cm³/mol. The second kappa shape index (κ2) is 9.52. The molecule has 1 fully saturated rings. The summed E-state index contributed by atoms with van der Waals surface area (Å²) in [6.07, 6.45) is 3.70. The zero-order valence-electron chi connectivity index (χ0n) is 18.3. The van der Waals surface area contributed by atoms with E-state index in [4.69, 9.17) is 0 Å². The van der Waals surface area contributed by atoms with Crippen LogP contribution in [-0.4, -0.2) is 25.5 Å². The molecule has 35 heavy (non-hydrogen) atoms. The van der Waals surface area contributed by atoms with Crippen molar-refractivity contribution in [3.05, 3.63) is 115 Å². The summed E-state index contributed by atoms with van der Waals surface area (Å²) in [5.74, 6) is -0.317. The molecule has 1 aliphatic rings. The van der Waals surface area contributed by atoms with Gasteiger partial charge in [0.05, 0.1) is 16.4 Å². The first kappa shape index (κ1) is 23.1. The lowest BCUT2D eigenvalue weighted by Gasteiger charge is -2.13. The molecular formula is C26H18BrN3O4S. The molecule has 1 saturated heterocycles. The van der Waals surface area contributed by atoms with Crippen molar-refractivity contribution in [3.63, 3.8) is 0 Å². The number of aromatic nitrogens is 1. The van der Waals surface area contributed by atoms with Crippen LogP contribution >= 0.6 is 27.7 Å². The number of amides is 2. The van der Waals surface area contributed by atoms with E-state index in [9.17, 15) is 19.7 Å². The minimum Gasteiger partial charge on any atom is -0.342 e. The smallest absolute Gasteiger partial charge is 0.293 e. The van der Waals surface area contributed by atoms with Crippen LogP contribution in [-0.2, 0) is 17.9 Å². The zero-order chi connectivity index (χ0) is 24.5. The van der Waals surface area contributed by atoms with Crippen molar-refractivity contribution >= 4 is 61.5 Å². The molecule has 0 radical (unpaired) electrons. The van der Waals surface area contributed by atoms with Gasteiger partial charge in [-0.3, -0.25) is 24.6 Å². The second-order valence-corrected chi connectivity index (χ2v) is 9.86. The summed E-state index contributed by atoms with van der Waals surface area (Å²) < 4.78 is 2.88. The third kappa shape index (κ3) is 4.65. The fourth-order valence-electron chi connectivity index (χ4n) is 4.02. The Hall–Kier alpha value is -3.69. The largest absolute Gasteiger partial charge is 0.342 e. The molecule has 2 amide bonds. The molecule has 3 aromatic carbocycles. The molecule has 1 aromatic heterocycles. The molecule has 7 nitrogen and oxygen atoms in total. The van der Waals surface area contributed by atoms with E-state index in [-0.39, 0.29) is 23.4 Å². The number of halogens is 1. The van der Waals surface area contributed by atoms with E-state index >= 15 is 0 Å². The van der Waals surface area contributed by atoms with Crippen LogP contribution in [0.25, 0.3) is 17.0 Å². The van der Waals surface area contributed by atoms with Gasteiger partial charge in [-0.1, -0.05) is 64.5 Å². The van der Waals surface area contributed by atoms with Crippen molar-refractivity contribution in [3.8, 4) is 0 Å². The molecule has 4 aromatic rings. The third-order valence-electron chi connectivity index (χ3n) is 5.77. The van der Waals surface area contributed by atoms with Crippen LogP contribution in [0.3, 0.4) is 0 Å². The Morgan fingerprint density at radius 3 is 2.40 bits per heavy atom. The summed E-state index contributed by atoms with van der Waals surface area (Å²) in [5.41, 5.74) is 3.61. The molecule has 0 saturated carbocycles. The van der Waals surface area contributed by atoms with Gasteiger partial charge in [-0.25, -0.2) is 0 Å². The van der Waals surface area contributed by atoms with Crippen LogP contribution in [0.5, 0.6) is 0 Å². The Kier molecular flexibility index (Phi) is 6.27. The van der Waals surface area contributed by atoms with Crippen molar-refractivity contribution in [2.45, 2.75) is 13.1 Å². The van der Waals surface area contributed by atoms with Gasteiger partial charge < -0.3 is 4.57 Å². The number of rotatable bonds is 6. The SMILES string of the molecule is O=C1S/C(=C\c2cn(Cc3ccc([N+](=O)[O-])cc3)c3ccccc23)C(=O)N1Cc1ccccc1Br. The zero-order valence-corrected chi connectivity index (χ0v) is 20.7. The highest BCUT2D eigenvalue weighted by atomic mass is 79.9. The summed E-state index contributed by atoms with van der Waals surface area (Å²) >= 11 is 4.41. The topological polar surface area (TPSA) is 85.5 Å². The number of benzene rings is 3. The highest BCUT2D eigenvalue weighted by Crippen LogP contribution is 2.35. The first-order valence-electron chi connectivity index (χ1n) is 10.7. The number of carbonyl (C=O) groups excluding carboxylic acids is 2.